The van der Waals surface area contributed by atoms with Crippen LogP contribution in [0.15, 0.2) is 54.6 Å². The average molecular weight is 368 g/mol. The fourth-order valence-electron chi connectivity index (χ4n) is 2.85. The molecule has 0 N–H and O–H groups in total. The molecule has 0 bridgehead atoms. The lowest BCUT2D eigenvalue weighted by molar-refractivity contribution is 0.0983. The summed E-state index contributed by atoms with van der Waals surface area (Å²) in [5, 5.41) is 0.856. The first-order valence-electron chi connectivity index (χ1n) is 8.55. The van der Waals surface area contributed by atoms with Crippen molar-refractivity contribution < 1.29 is 9.18 Å². The van der Waals surface area contributed by atoms with Gasteiger partial charge in [-0.05, 0) is 50.6 Å². The highest BCUT2D eigenvalue weighted by Crippen LogP contribution is 2.26. The monoisotopic (exact) mass is 368 g/mol. The number of aryl methyl sites for hydroxylation is 1. The normalized spacial score (nSPS) is 11.0. The summed E-state index contributed by atoms with van der Waals surface area (Å²) in [5.74, 6) is -0.290. The maximum Gasteiger partial charge on any atom is 0.270 e. The number of anilines is 1. The van der Waals surface area contributed by atoms with Crippen LogP contribution in [0.5, 0.6) is 0 Å². The number of amides is 1. The molecule has 5 heteroatoms. The minimum absolute atomic E-state index is 0.0342. The van der Waals surface area contributed by atoms with Gasteiger partial charge in [0.25, 0.3) is 5.91 Å². The number of rotatable bonds is 5. The summed E-state index contributed by atoms with van der Waals surface area (Å²) in [6.07, 6.45) is 0.589. The van der Waals surface area contributed by atoms with Crippen LogP contribution in [0.2, 0.25) is 0 Å². The number of benzene rings is 2. The summed E-state index contributed by atoms with van der Waals surface area (Å²) in [4.78, 5) is 20.2. The Labute approximate surface area is 157 Å². The highest BCUT2D eigenvalue weighted by molar-refractivity contribution is 7.14. The second-order valence-corrected chi connectivity index (χ2v) is 7.51. The Morgan fingerprint density at radius 3 is 2.38 bits per heavy atom. The van der Waals surface area contributed by atoms with Crippen LogP contribution in [0.4, 0.5) is 10.1 Å². The van der Waals surface area contributed by atoms with Crippen LogP contribution in [0.25, 0.3) is 0 Å². The van der Waals surface area contributed by atoms with Crippen LogP contribution in [-0.4, -0.2) is 16.9 Å². The molecule has 0 spiro atoms. The second-order valence-electron chi connectivity index (χ2n) is 6.43. The Kier molecular flexibility index (Phi) is 5.47. The first-order valence-corrected chi connectivity index (χ1v) is 9.36. The second kappa shape index (κ2) is 7.79. The molecule has 0 radical (unpaired) electrons. The Morgan fingerprint density at radius 2 is 1.77 bits per heavy atom. The van der Waals surface area contributed by atoms with Crippen molar-refractivity contribution in [3.63, 3.8) is 0 Å². The summed E-state index contributed by atoms with van der Waals surface area (Å²) in [6, 6.07) is 16.1. The number of carbonyl (C=O) groups is 1. The summed E-state index contributed by atoms with van der Waals surface area (Å²) in [6.45, 7) is 5.86. The van der Waals surface area contributed by atoms with E-state index in [-0.39, 0.29) is 17.8 Å². The number of aromatic nitrogens is 1. The van der Waals surface area contributed by atoms with E-state index in [9.17, 15) is 9.18 Å². The molecule has 3 rings (SSSR count). The fraction of sp³-hybridized carbons (Fsp3) is 0.238. The molecule has 0 unspecified atom stereocenters. The van der Waals surface area contributed by atoms with Crippen LogP contribution < -0.4 is 4.90 Å². The molecule has 2 aromatic carbocycles. The van der Waals surface area contributed by atoms with Gasteiger partial charge in [-0.1, -0.05) is 30.3 Å². The van der Waals surface area contributed by atoms with E-state index in [0.717, 1.165) is 22.0 Å². The molecule has 3 nitrogen and oxygen atoms in total. The zero-order chi connectivity index (χ0) is 18.7. The molecule has 1 aromatic heterocycles. The summed E-state index contributed by atoms with van der Waals surface area (Å²) in [5.41, 5.74) is 2.59. The zero-order valence-corrected chi connectivity index (χ0v) is 15.9. The van der Waals surface area contributed by atoms with Gasteiger partial charge in [0, 0.05) is 18.2 Å². The van der Waals surface area contributed by atoms with Crippen molar-refractivity contribution in [2.24, 2.45) is 0 Å². The van der Waals surface area contributed by atoms with Gasteiger partial charge >= 0.3 is 0 Å². The quantitative estimate of drug-likeness (QED) is 0.617. The van der Waals surface area contributed by atoms with E-state index >= 15 is 0 Å². The standard InChI is InChI=1S/C21H21FN2OS/c1-14(2)24(18-7-5-4-6-8-18)21(25)20-15(3)23-19(26-20)13-16-9-11-17(22)12-10-16/h4-12,14H,13H2,1-3H3. The first-order chi connectivity index (χ1) is 12.5. The van der Waals surface area contributed by atoms with E-state index < -0.39 is 0 Å². The minimum atomic E-state index is -0.254. The van der Waals surface area contributed by atoms with Gasteiger partial charge in [-0.15, -0.1) is 11.3 Å². The molecule has 1 amide bonds. The molecule has 1 heterocycles. The predicted octanol–water partition coefficient (Wildman–Crippen LogP) is 5.24. The minimum Gasteiger partial charge on any atom is -0.305 e. The molecule has 3 aromatic rings. The molecule has 0 saturated heterocycles. The molecule has 0 saturated carbocycles. The predicted molar refractivity (Wildman–Crippen MR) is 104 cm³/mol. The molecule has 0 aliphatic heterocycles. The Balaban J connectivity index is 1.87. The topological polar surface area (TPSA) is 33.2 Å². The molecule has 26 heavy (non-hydrogen) atoms. The third kappa shape index (κ3) is 3.99. The van der Waals surface area contributed by atoms with Crippen LogP contribution in [0, 0.1) is 12.7 Å². The van der Waals surface area contributed by atoms with E-state index in [2.05, 4.69) is 4.98 Å². The van der Waals surface area contributed by atoms with Crippen LogP contribution in [-0.2, 0) is 6.42 Å². The van der Waals surface area contributed by atoms with Crippen molar-refractivity contribution in [2.45, 2.75) is 33.2 Å². The van der Waals surface area contributed by atoms with Crippen molar-refractivity contribution in [1.82, 2.24) is 4.98 Å². The maximum absolute atomic E-state index is 13.2. The van der Waals surface area contributed by atoms with Crippen LogP contribution in [0.1, 0.15) is 39.8 Å². The molecular formula is C21H21FN2OS. The van der Waals surface area contributed by atoms with Gasteiger partial charge in [-0.3, -0.25) is 4.79 Å². The number of hydrogen-bond acceptors (Lipinski definition) is 3. The van der Waals surface area contributed by atoms with Gasteiger partial charge in [0.1, 0.15) is 10.7 Å². The number of hydrogen-bond donors (Lipinski definition) is 0. The lowest BCUT2D eigenvalue weighted by Crippen LogP contribution is -2.36. The van der Waals surface area contributed by atoms with Crippen molar-refractivity contribution in [3.8, 4) is 0 Å². The smallest absolute Gasteiger partial charge is 0.270 e. The number of thiazole rings is 1. The van der Waals surface area contributed by atoms with Crippen molar-refractivity contribution in [1.29, 1.82) is 0 Å². The van der Waals surface area contributed by atoms with E-state index in [1.807, 2.05) is 51.1 Å². The molecule has 0 atom stereocenters. The number of nitrogens with zero attached hydrogens (tertiary/aromatic N) is 2. The highest BCUT2D eigenvalue weighted by Gasteiger charge is 2.24. The van der Waals surface area contributed by atoms with Crippen molar-refractivity contribution in [3.05, 3.63) is 81.6 Å². The van der Waals surface area contributed by atoms with Gasteiger partial charge in [-0.25, -0.2) is 9.37 Å². The Hall–Kier alpha value is -2.53. The van der Waals surface area contributed by atoms with Gasteiger partial charge in [0.2, 0.25) is 0 Å². The van der Waals surface area contributed by atoms with Gasteiger partial charge in [0.05, 0.1) is 10.7 Å². The van der Waals surface area contributed by atoms with Crippen LogP contribution >= 0.6 is 11.3 Å². The van der Waals surface area contributed by atoms with Gasteiger partial charge in [0.15, 0.2) is 0 Å². The molecule has 134 valence electrons. The molecule has 0 aliphatic carbocycles. The van der Waals surface area contributed by atoms with Gasteiger partial charge in [-0.2, -0.15) is 0 Å². The summed E-state index contributed by atoms with van der Waals surface area (Å²) < 4.78 is 13.1. The third-order valence-electron chi connectivity index (χ3n) is 4.07. The molecule has 0 fully saturated rings. The summed E-state index contributed by atoms with van der Waals surface area (Å²) >= 11 is 1.41. The highest BCUT2D eigenvalue weighted by atomic mass is 32.1. The van der Waals surface area contributed by atoms with E-state index in [1.54, 1.807) is 17.0 Å². The fourth-order valence-corrected chi connectivity index (χ4v) is 3.89. The number of para-hydroxylation sites is 1. The lowest BCUT2D eigenvalue weighted by atomic mass is 10.1. The maximum atomic E-state index is 13.2. The third-order valence-corrected chi connectivity index (χ3v) is 5.22. The zero-order valence-electron chi connectivity index (χ0n) is 15.1. The van der Waals surface area contributed by atoms with E-state index in [4.69, 9.17) is 0 Å². The molecular weight excluding hydrogens is 347 g/mol. The van der Waals surface area contributed by atoms with E-state index in [0.29, 0.717) is 11.3 Å². The van der Waals surface area contributed by atoms with Crippen molar-refractivity contribution >= 4 is 22.9 Å². The van der Waals surface area contributed by atoms with Crippen molar-refractivity contribution in [2.75, 3.05) is 4.90 Å². The van der Waals surface area contributed by atoms with E-state index in [1.165, 1.54) is 23.5 Å². The SMILES string of the molecule is Cc1nc(Cc2ccc(F)cc2)sc1C(=O)N(c1ccccc1)C(C)C. The lowest BCUT2D eigenvalue weighted by Gasteiger charge is -2.26. The first kappa shape index (κ1) is 18.3. The molecule has 0 aliphatic rings. The Morgan fingerprint density at radius 1 is 1.12 bits per heavy atom. The number of carbonyl (C=O) groups excluding carboxylic acids is 1. The number of halogens is 1. The Bertz CT molecular complexity index is 888. The summed E-state index contributed by atoms with van der Waals surface area (Å²) in [7, 11) is 0. The van der Waals surface area contributed by atoms with Gasteiger partial charge < -0.3 is 4.90 Å². The average Bonchev–Trinajstić information content (AvgIpc) is 2.98. The van der Waals surface area contributed by atoms with Crippen LogP contribution in [0.3, 0.4) is 0 Å². The largest absolute Gasteiger partial charge is 0.305 e.